The molecule has 2 aliphatic heterocycles. The average molecular weight is 249 g/mol. The first-order valence-electron chi connectivity index (χ1n) is 7.14. The van der Waals surface area contributed by atoms with E-state index in [1.807, 2.05) is 6.07 Å². The number of piperazine rings is 1. The van der Waals surface area contributed by atoms with Gasteiger partial charge >= 0.3 is 0 Å². The molecule has 3 rings (SSSR count). The van der Waals surface area contributed by atoms with Gasteiger partial charge in [-0.2, -0.15) is 0 Å². The van der Waals surface area contributed by atoms with Gasteiger partial charge in [-0.15, -0.1) is 0 Å². The second-order valence-corrected chi connectivity index (χ2v) is 5.32. The van der Waals surface area contributed by atoms with E-state index < -0.39 is 0 Å². The number of likely N-dealkylation sites (tertiary alicyclic amines) is 1. The average Bonchev–Trinajstić information content (AvgIpc) is 3.10. The van der Waals surface area contributed by atoms with Gasteiger partial charge in [0.25, 0.3) is 0 Å². The molecule has 0 aliphatic carbocycles. The van der Waals surface area contributed by atoms with Crippen LogP contribution in [0.2, 0.25) is 0 Å². The maximum atomic E-state index is 5.67. The van der Waals surface area contributed by atoms with Gasteiger partial charge in [-0.05, 0) is 38.1 Å². The third-order valence-electron chi connectivity index (χ3n) is 4.09. The van der Waals surface area contributed by atoms with E-state index >= 15 is 0 Å². The van der Waals surface area contributed by atoms with E-state index in [1.54, 1.807) is 6.26 Å². The first-order chi connectivity index (χ1) is 8.93. The van der Waals surface area contributed by atoms with Gasteiger partial charge in [-0.25, -0.2) is 0 Å². The second-order valence-electron chi connectivity index (χ2n) is 5.32. The fourth-order valence-corrected chi connectivity index (χ4v) is 3.07. The molecule has 100 valence electrons. The van der Waals surface area contributed by atoms with Crippen molar-refractivity contribution in [3.8, 4) is 0 Å². The van der Waals surface area contributed by atoms with Crippen molar-refractivity contribution in [1.82, 2.24) is 15.1 Å². The molecule has 2 fully saturated rings. The summed E-state index contributed by atoms with van der Waals surface area (Å²) in [5.41, 5.74) is 0. The van der Waals surface area contributed by atoms with Crippen LogP contribution in [-0.4, -0.2) is 55.6 Å². The molecule has 3 heterocycles. The Bertz CT molecular complexity index is 340. The highest BCUT2D eigenvalue weighted by Crippen LogP contribution is 2.24. The van der Waals surface area contributed by atoms with Crippen LogP contribution < -0.4 is 5.32 Å². The summed E-state index contributed by atoms with van der Waals surface area (Å²) < 4.78 is 5.67. The van der Waals surface area contributed by atoms with Crippen molar-refractivity contribution in [2.45, 2.75) is 18.9 Å². The Morgan fingerprint density at radius 2 is 1.94 bits per heavy atom. The lowest BCUT2D eigenvalue weighted by atomic mass is 10.1. The second kappa shape index (κ2) is 5.87. The van der Waals surface area contributed by atoms with Gasteiger partial charge in [0.1, 0.15) is 5.76 Å². The molecule has 1 unspecified atom stereocenters. The third-order valence-corrected chi connectivity index (χ3v) is 4.09. The van der Waals surface area contributed by atoms with Crippen molar-refractivity contribution in [1.29, 1.82) is 0 Å². The SMILES string of the molecule is c1coc(C(CN2CCCC2)N2CCNCC2)c1. The van der Waals surface area contributed by atoms with Crippen LogP contribution >= 0.6 is 0 Å². The number of hydrogen-bond donors (Lipinski definition) is 1. The Balaban J connectivity index is 1.70. The third kappa shape index (κ3) is 2.76. The lowest BCUT2D eigenvalue weighted by Gasteiger charge is -2.35. The fraction of sp³-hybridized carbons (Fsp3) is 0.714. The van der Waals surface area contributed by atoms with E-state index in [1.165, 1.54) is 25.9 Å². The fourth-order valence-electron chi connectivity index (χ4n) is 3.07. The molecule has 18 heavy (non-hydrogen) atoms. The molecule has 1 aromatic heterocycles. The largest absolute Gasteiger partial charge is 0.468 e. The molecule has 2 saturated heterocycles. The first kappa shape index (κ1) is 12.2. The van der Waals surface area contributed by atoms with Crippen LogP contribution in [0, 0.1) is 0 Å². The highest BCUT2D eigenvalue weighted by Gasteiger charge is 2.27. The Morgan fingerprint density at radius 3 is 2.61 bits per heavy atom. The van der Waals surface area contributed by atoms with Gasteiger partial charge in [-0.3, -0.25) is 4.90 Å². The summed E-state index contributed by atoms with van der Waals surface area (Å²) in [6.07, 6.45) is 4.51. The van der Waals surface area contributed by atoms with Crippen molar-refractivity contribution in [3.05, 3.63) is 24.2 Å². The molecule has 4 nitrogen and oxygen atoms in total. The van der Waals surface area contributed by atoms with Crippen molar-refractivity contribution in [2.24, 2.45) is 0 Å². The Kier molecular flexibility index (Phi) is 3.98. The van der Waals surface area contributed by atoms with Gasteiger partial charge in [0.2, 0.25) is 0 Å². The minimum atomic E-state index is 0.431. The van der Waals surface area contributed by atoms with Crippen molar-refractivity contribution in [2.75, 3.05) is 45.8 Å². The summed E-state index contributed by atoms with van der Waals surface area (Å²) in [5, 5.41) is 3.42. The van der Waals surface area contributed by atoms with Crippen LogP contribution in [0.1, 0.15) is 24.6 Å². The molecule has 4 heteroatoms. The maximum absolute atomic E-state index is 5.67. The monoisotopic (exact) mass is 249 g/mol. The molecular formula is C14H23N3O. The topological polar surface area (TPSA) is 31.7 Å². The van der Waals surface area contributed by atoms with Crippen LogP contribution in [0.15, 0.2) is 22.8 Å². The number of furan rings is 1. The van der Waals surface area contributed by atoms with Gasteiger partial charge < -0.3 is 14.6 Å². The molecule has 0 aromatic carbocycles. The molecule has 1 atom stereocenters. The highest BCUT2D eigenvalue weighted by atomic mass is 16.3. The lowest BCUT2D eigenvalue weighted by Crippen LogP contribution is -2.47. The predicted octanol–water partition coefficient (Wildman–Crippen LogP) is 1.32. The smallest absolute Gasteiger partial charge is 0.122 e. The number of rotatable bonds is 4. The number of nitrogens with one attached hydrogen (secondary N) is 1. The summed E-state index contributed by atoms with van der Waals surface area (Å²) in [4.78, 5) is 5.14. The molecule has 0 saturated carbocycles. The lowest BCUT2D eigenvalue weighted by molar-refractivity contribution is 0.119. The summed E-state index contributed by atoms with van der Waals surface area (Å²) in [5.74, 6) is 1.13. The quantitative estimate of drug-likeness (QED) is 0.872. The van der Waals surface area contributed by atoms with E-state index in [-0.39, 0.29) is 0 Å². The Labute approximate surface area is 109 Å². The molecule has 2 aliphatic rings. The summed E-state index contributed by atoms with van der Waals surface area (Å²) in [7, 11) is 0. The van der Waals surface area contributed by atoms with Gasteiger partial charge in [0.15, 0.2) is 0 Å². The van der Waals surface area contributed by atoms with Gasteiger partial charge in [0, 0.05) is 32.7 Å². The molecule has 1 aromatic rings. The van der Waals surface area contributed by atoms with E-state index in [0.29, 0.717) is 6.04 Å². The van der Waals surface area contributed by atoms with Crippen LogP contribution in [0.5, 0.6) is 0 Å². The predicted molar refractivity (Wildman–Crippen MR) is 71.6 cm³/mol. The van der Waals surface area contributed by atoms with Crippen LogP contribution in [0.25, 0.3) is 0 Å². The Morgan fingerprint density at radius 1 is 1.17 bits per heavy atom. The minimum Gasteiger partial charge on any atom is -0.468 e. The number of nitrogens with zero attached hydrogens (tertiary/aromatic N) is 2. The van der Waals surface area contributed by atoms with Crippen molar-refractivity contribution in [3.63, 3.8) is 0 Å². The van der Waals surface area contributed by atoms with Crippen LogP contribution in [0.3, 0.4) is 0 Å². The first-order valence-corrected chi connectivity index (χ1v) is 7.14. The summed E-state index contributed by atoms with van der Waals surface area (Å²) >= 11 is 0. The molecular weight excluding hydrogens is 226 g/mol. The van der Waals surface area contributed by atoms with E-state index in [2.05, 4.69) is 21.2 Å². The standard InChI is InChI=1S/C14H23N3O/c1-2-8-16(7-1)12-13(14-4-3-11-18-14)17-9-5-15-6-10-17/h3-4,11,13,15H,1-2,5-10,12H2. The normalized spacial score (nSPS) is 24.4. The molecule has 0 bridgehead atoms. The molecule has 0 radical (unpaired) electrons. The number of hydrogen-bond acceptors (Lipinski definition) is 4. The van der Waals surface area contributed by atoms with E-state index in [9.17, 15) is 0 Å². The highest BCUT2D eigenvalue weighted by molar-refractivity contribution is 5.06. The summed E-state index contributed by atoms with van der Waals surface area (Å²) in [6, 6.07) is 4.57. The molecule has 0 spiro atoms. The van der Waals surface area contributed by atoms with Crippen molar-refractivity contribution < 1.29 is 4.42 Å². The van der Waals surface area contributed by atoms with Gasteiger partial charge in [-0.1, -0.05) is 0 Å². The molecule has 1 N–H and O–H groups in total. The zero-order chi connectivity index (χ0) is 12.2. The van der Waals surface area contributed by atoms with Crippen LogP contribution in [-0.2, 0) is 0 Å². The summed E-state index contributed by atoms with van der Waals surface area (Å²) in [6.45, 7) is 8.06. The minimum absolute atomic E-state index is 0.431. The van der Waals surface area contributed by atoms with E-state index in [4.69, 9.17) is 4.42 Å². The van der Waals surface area contributed by atoms with Gasteiger partial charge in [0.05, 0.1) is 12.3 Å². The van der Waals surface area contributed by atoms with E-state index in [0.717, 1.165) is 38.5 Å². The van der Waals surface area contributed by atoms with Crippen LogP contribution in [0.4, 0.5) is 0 Å². The zero-order valence-electron chi connectivity index (χ0n) is 11.0. The Hall–Kier alpha value is -0.840. The zero-order valence-corrected chi connectivity index (χ0v) is 11.0. The molecule has 0 amide bonds. The van der Waals surface area contributed by atoms with Crippen molar-refractivity contribution >= 4 is 0 Å². The maximum Gasteiger partial charge on any atom is 0.122 e.